The number of hydrogen-bond acceptors (Lipinski definition) is 4. The van der Waals surface area contributed by atoms with Crippen molar-refractivity contribution in [3.8, 4) is 0 Å². The number of anilines is 2. The van der Waals surface area contributed by atoms with Gasteiger partial charge in [-0.1, -0.05) is 18.2 Å². The minimum absolute atomic E-state index is 0.0395. The molecule has 1 amide bonds. The largest absolute Gasteiger partial charge is 0.377 e. The number of amides is 1. The van der Waals surface area contributed by atoms with Gasteiger partial charge in [0.15, 0.2) is 0 Å². The van der Waals surface area contributed by atoms with Gasteiger partial charge in [-0.3, -0.25) is 4.79 Å². The lowest BCUT2D eigenvalue weighted by Gasteiger charge is -2.16. The monoisotopic (exact) mass is 361 g/mol. The van der Waals surface area contributed by atoms with Crippen molar-refractivity contribution in [3.63, 3.8) is 0 Å². The Labute approximate surface area is 148 Å². The van der Waals surface area contributed by atoms with Crippen LogP contribution in [0, 0.1) is 6.92 Å². The molecule has 0 aliphatic carbocycles. The fraction of sp³-hybridized carbons (Fsp3) is 0.278. The summed E-state index contributed by atoms with van der Waals surface area (Å²) < 4.78 is 26.6. The van der Waals surface area contributed by atoms with E-state index in [1.807, 2.05) is 44.1 Å². The van der Waals surface area contributed by atoms with Gasteiger partial charge >= 0.3 is 0 Å². The molecule has 2 rings (SSSR count). The number of sulfonamides is 1. The van der Waals surface area contributed by atoms with Crippen LogP contribution in [-0.4, -0.2) is 35.0 Å². The highest BCUT2D eigenvalue weighted by molar-refractivity contribution is 7.89. The van der Waals surface area contributed by atoms with E-state index in [9.17, 15) is 13.2 Å². The van der Waals surface area contributed by atoms with Crippen LogP contribution in [0.3, 0.4) is 0 Å². The smallest absolute Gasteiger partial charge is 0.240 e. The van der Waals surface area contributed by atoms with Crippen LogP contribution >= 0.6 is 0 Å². The minimum Gasteiger partial charge on any atom is -0.377 e. The van der Waals surface area contributed by atoms with Gasteiger partial charge in [-0.05, 0) is 42.8 Å². The fourth-order valence-electron chi connectivity index (χ4n) is 2.44. The van der Waals surface area contributed by atoms with Gasteiger partial charge < -0.3 is 10.2 Å². The molecule has 2 aromatic carbocycles. The number of aryl methyl sites for hydroxylation is 1. The van der Waals surface area contributed by atoms with Crippen molar-refractivity contribution in [1.29, 1.82) is 0 Å². The highest BCUT2D eigenvalue weighted by Crippen LogP contribution is 2.21. The van der Waals surface area contributed by atoms with E-state index in [4.69, 9.17) is 0 Å². The van der Waals surface area contributed by atoms with Crippen molar-refractivity contribution >= 4 is 27.3 Å². The topological polar surface area (TPSA) is 78.5 Å². The van der Waals surface area contributed by atoms with Crippen LogP contribution in [0.1, 0.15) is 12.0 Å². The van der Waals surface area contributed by atoms with Crippen LogP contribution in [0.15, 0.2) is 53.4 Å². The average Bonchev–Trinajstić information content (AvgIpc) is 2.55. The van der Waals surface area contributed by atoms with Gasteiger partial charge in [-0.15, -0.1) is 0 Å². The number of benzene rings is 2. The molecule has 0 aliphatic heterocycles. The van der Waals surface area contributed by atoms with Crippen molar-refractivity contribution in [2.75, 3.05) is 30.9 Å². The zero-order valence-electron chi connectivity index (χ0n) is 14.6. The van der Waals surface area contributed by atoms with Crippen LogP contribution in [0.25, 0.3) is 0 Å². The molecule has 0 spiro atoms. The molecule has 0 unspecified atom stereocenters. The van der Waals surface area contributed by atoms with Crippen molar-refractivity contribution < 1.29 is 13.2 Å². The summed E-state index contributed by atoms with van der Waals surface area (Å²) in [6, 6.07) is 13.7. The highest BCUT2D eigenvalue weighted by Gasteiger charge is 2.13. The van der Waals surface area contributed by atoms with Crippen LogP contribution in [0.5, 0.6) is 0 Å². The van der Waals surface area contributed by atoms with Crippen molar-refractivity contribution in [3.05, 3.63) is 54.1 Å². The predicted molar refractivity (Wildman–Crippen MR) is 100 cm³/mol. The molecule has 134 valence electrons. The summed E-state index contributed by atoms with van der Waals surface area (Å²) in [6.45, 7) is 2.01. The summed E-state index contributed by atoms with van der Waals surface area (Å²) in [5.41, 5.74) is 2.82. The number of rotatable bonds is 7. The first-order valence-electron chi connectivity index (χ1n) is 7.92. The molecule has 0 aliphatic rings. The second kappa shape index (κ2) is 8.13. The Hall–Kier alpha value is -2.38. The second-order valence-corrected chi connectivity index (χ2v) is 7.67. The van der Waals surface area contributed by atoms with Crippen LogP contribution in [0.2, 0.25) is 0 Å². The molecule has 2 aromatic rings. The van der Waals surface area contributed by atoms with E-state index in [-0.39, 0.29) is 23.8 Å². The Kier molecular flexibility index (Phi) is 6.17. The standard InChI is InChI=1S/C18H23N3O3S/c1-14-13-15(9-10-17(14)21(2)3)20-18(22)11-12-19-25(23,24)16-7-5-4-6-8-16/h4-10,13,19H,11-12H2,1-3H3,(H,20,22). The molecule has 0 saturated carbocycles. The van der Waals surface area contributed by atoms with E-state index in [1.165, 1.54) is 12.1 Å². The third-order valence-electron chi connectivity index (χ3n) is 3.66. The summed E-state index contributed by atoms with van der Waals surface area (Å²) in [7, 11) is 0.329. The molecule has 0 saturated heterocycles. The maximum atomic E-state index is 12.1. The van der Waals surface area contributed by atoms with E-state index >= 15 is 0 Å². The molecular formula is C18H23N3O3S. The van der Waals surface area contributed by atoms with Gasteiger partial charge in [0.25, 0.3) is 0 Å². The van der Waals surface area contributed by atoms with Gasteiger partial charge in [0.1, 0.15) is 0 Å². The molecule has 0 aromatic heterocycles. The maximum absolute atomic E-state index is 12.1. The van der Waals surface area contributed by atoms with Crippen LogP contribution < -0.4 is 14.9 Å². The summed E-state index contributed by atoms with van der Waals surface area (Å²) in [5.74, 6) is -0.243. The number of nitrogens with zero attached hydrogens (tertiary/aromatic N) is 1. The van der Waals surface area contributed by atoms with Crippen molar-refractivity contribution in [2.45, 2.75) is 18.2 Å². The Bertz CT molecular complexity index is 834. The van der Waals surface area contributed by atoms with Crippen molar-refractivity contribution in [2.24, 2.45) is 0 Å². The normalized spacial score (nSPS) is 11.2. The van der Waals surface area contributed by atoms with E-state index in [0.29, 0.717) is 5.69 Å². The van der Waals surface area contributed by atoms with Gasteiger partial charge in [-0.2, -0.15) is 0 Å². The SMILES string of the molecule is Cc1cc(NC(=O)CCNS(=O)(=O)c2ccccc2)ccc1N(C)C. The third-order valence-corrected chi connectivity index (χ3v) is 5.14. The zero-order chi connectivity index (χ0) is 18.4. The van der Waals surface area contributed by atoms with Crippen LogP contribution in [-0.2, 0) is 14.8 Å². The zero-order valence-corrected chi connectivity index (χ0v) is 15.4. The molecule has 6 nitrogen and oxygen atoms in total. The summed E-state index contributed by atoms with van der Waals surface area (Å²) in [6.07, 6.45) is 0.0561. The Morgan fingerprint density at radius 2 is 1.76 bits per heavy atom. The first-order valence-corrected chi connectivity index (χ1v) is 9.40. The number of nitrogens with one attached hydrogen (secondary N) is 2. The number of hydrogen-bond donors (Lipinski definition) is 2. The van der Waals surface area contributed by atoms with Gasteiger partial charge in [0, 0.05) is 38.4 Å². The minimum atomic E-state index is -3.59. The summed E-state index contributed by atoms with van der Waals surface area (Å²) in [4.78, 5) is 14.2. The average molecular weight is 361 g/mol. The number of carbonyl (C=O) groups is 1. The molecule has 25 heavy (non-hydrogen) atoms. The van der Waals surface area contributed by atoms with Gasteiger partial charge in [0.2, 0.25) is 15.9 Å². The lowest BCUT2D eigenvalue weighted by molar-refractivity contribution is -0.116. The quantitative estimate of drug-likeness (QED) is 0.794. The third kappa shape index (κ3) is 5.30. The predicted octanol–water partition coefficient (Wildman–Crippen LogP) is 2.37. The lowest BCUT2D eigenvalue weighted by atomic mass is 10.1. The molecule has 0 bridgehead atoms. The highest BCUT2D eigenvalue weighted by atomic mass is 32.2. The molecule has 7 heteroatoms. The summed E-state index contributed by atoms with van der Waals surface area (Å²) >= 11 is 0. The fourth-order valence-corrected chi connectivity index (χ4v) is 3.49. The molecule has 0 atom stereocenters. The molecule has 0 radical (unpaired) electrons. The maximum Gasteiger partial charge on any atom is 0.240 e. The Morgan fingerprint density at radius 3 is 2.36 bits per heavy atom. The first-order chi connectivity index (χ1) is 11.8. The first kappa shape index (κ1) is 19.0. The molecule has 0 heterocycles. The summed E-state index contributed by atoms with van der Waals surface area (Å²) in [5, 5.41) is 2.78. The lowest BCUT2D eigenvalue weighted by Crippen LogP contribution is -2.27. The van der Waals surface area contributed by atoms with Crippen LogP contribution in [0.4, 0.5) is 11.4 Å². The van der Waals surface area contributed by atoms with E-state index in [1.54, 1.807) is 18.2 Å². The number of carbonyl (C=O) groups excluding carboxylic acids is 1. The van der Waals surface area contributed by atoms with Crippen molar-refractivity contribution in [1.82, 2.24) is 4.72 Å². The Balaban J connectivity index is 1.88. The van der Waals surface area contributed by atoms with E-state index < -0.39 is 10.0 Å². The molecular weight excluding hydrogens is 338 g/mol. The second-order valence-electron chi connectivity index (χ2n) is 5.90. The Morgan fingerprint density at radius 1 is 1.08 bits per heavy atom. The molecule has 2 N–H and O–H groups in total. The van der Waals surface area contributed by atoms with E-state index in [2.05, 4.69) is 10.0 Å². The van der Waals surface area contributed by atoms with E-state index in [0.717, 1.165) is 11.3 Å². The van der Waals surface area contributed by atoms with Gasteiger partial charge in [-0.25, -0.2) is 13.1 Å². The van der Waals surface area contributed by atoms with Gasteiger partial charge in [0.05, 0.1) is 4.90 Å². The molecule has 0 fully saturated rings.